The van der Waals surface area contributed by atoms with E-state index in [0.29, 0.717) is 18.3 Å². The Bertz CT molecular complexity index is 397. The summed E-state index contributed by atoms with van der Waals surface area (Å²) in [5.74, 6) is 0.676. The van der Waals surface area contributed by atoms with Gasteiger partial charge in [-0.15, -0.1) is 0 Å². The zero-order valence-corrected chi connectivity index (χ0v) is 10.9. The number of carbonyl (C=O) groups is 1. The van der Waals surface area contributed by atoms with E-state index in [4.69, 9.17) is 4.52 Å². The number of hydrogen-bond donors (Lipinski definition) is 2. The SMILES string of the molecule is CC(C)c1cc(NC(=O)CN2CCNCC2)on1. The van der Waals surface area contributed by atoms with Crippen LogP contribution in [0.2, 0.25) is 0 Å². The molecule has 18 heavy (non-hydrogen) atoms. The van der Waals surface area contributed by atoms with Gasteiger partial charge in [0, 0.05) is 32.2 Å². The Morgan fingerprint density at radius 1 is 1.56 bits per heavy atom. The molecule has 0 radical (unpaired) electrons. The molecule has 6 nitrogen and oxygen atoms in total. The van der Waals surface area contributed by atoms with Gasteiger partial charge >= 0.3 is 0 Å². The molecule has 0 unspecified atom stereocenters. The minimum absolute atomic E-state index is 0.0524. The normalized spacial score (nSPS) is 17.1. The molecule has 1 aromatic heterocycles. The Hall–Kier alpha value is -1.40. The van der Waals surface area contributed by atoms with Crippen molar-refractivity contribution in [2.45, 2.75) is 19.8 Å². The number of rotatable bonds is 4. The molecule has 0 bridgehead atoms. The van der Waals surface area contributed by atoms with Crippen LogP contribution in [0, 0.1) is 0 Å². The van der Waals surface area contributed by atoms with Crippen LogP contribution in [-0.2, 0) is 4.79 Å². The molecular formula is C12H20N4O2. The van der Waals surface area contributed by atoms with E-state index in [1.165, 1.54) is 0 Å². The fourth-order valence-corrected chi connectivity index (χ4v) is 1.87. The Labute approximate surface area is 107 Å². The first-order valence-electron chi connectivity index (χ1n) is 6.34. The molecule has 0 spiro atoms. The van der Waals surface area contributed by atoms with Gasteiger partial charge in [0.25, 0.3) is 0 Å². The first-order valence-corrected chi connectivity index (χ1v) is 6.34. The summed E-state index contributed by atoms with van der Waals surface area (Å²) in [6.45, 7) is 8.15. The molecule has 1 aliphatic heterocycles. The highest BCUT2D eigenvalue weighted by Gasteiger charge is 2.15. The van der Waals surface area contributed by atoms with Crippen LogP contribution in [0.4, 0.5) is 5.88 Å². The molecule has 100 valence electrons. The molecule has 1 amide bonds. The van der Waals surface area contributed by atoms with Gasteiger partial charge in [0.1, 0.15) is 0 Å². The topological polar surface area (TPSA) is 70.4 Å². The van der Waals surface area contributed by atoms with Crippen LogP contribution in [0.1, 0.15) is 25.5 Å². The van der Waals surface area contributed by atoms with Gasteiger partial charge in [-0.05, 0) is 5.92 Å². The van der Waals surface area contributed by atoms with Crippen LogP contribution in [0.15, 0.2) is 10.6 Å². The van der Waals surface area contributed by atoms with Crippen LogP contribution in [0.5, 0.6) is 0 Å². The summed E-state index contributed by atoms with van der Waals surface area (Å²) >= 11 is 0. The van der Waals surface area contributed by atoms with Gasteiger partial charge in [-0.3, -0.25) is 15.0 Å². The van der Waals surface area contributed by atoms with E-state index in [2.05, 4.69) is 20.7 Å². The molecule has 2 heterocycles. The zero-order chi connectivity index (χ0) is 13.0. The molecule has 2 N–H and O–H groups in total. The summed E-state index contributed by atoms with van der Waals surface area (Å²) in [6, 6.07) is 1.78. The third-order valence-electron chi connectivity index (χ3n) is 2.96. The van der Waals surface area contributed by atoms with Crippen molar-refractivity contribution in [2.24, 2.45) is 0 Å². The fraction of sp³-hybridized carbons (Fsp3) is 0.667. The van der Waals surface area contributed by atoms with Crippen molar-refractivity contribution in [3.05, 3.63) is 11.8 Å². The highest BCUT2D eigenvalue weighted by atomic mass is 16.5. The van der Waals surface area contributed by atoms with Gasteiger partial charge in [0.2, 0.25) is 11.8 Å². The van der Waals surface area contributed by atoms with Gasteiger partial charge in [0.05, 0.1) is 12.2 Å². The van der Waals surface area contributed by atoms with E-state index in [1.807, 2.05) is 13.8 Å². The van der Waals surface area contributed by atoms with Crippen molar-refractivity contribution < 1.29 is 9.32 Å². The summed E-state index contributed by atoms with van der Waals surface area (Å²) in [6.07, 6.45) is 0. The Balaban J connectivity index is 1.82. The lowest BCUT2D eigenvalue weighted by atomic mass is 10.1. The summed E-state index contributed by atoms with van der Waals surface area (Å²) in [5.41, 5.74) is 0.854. The van der Waals surface area contributed by atoms with Crippen molar-refractivity contribution >= 4 is 11.8 Å². The van der Waals surface area contributed by atoms with E-state index >= 15 is 0 Å². The molecule has 0 saturated carbocycles. The van der Waals surface area contributed by atoms with Gasteiger partial charge in [-0.2, -0.15) is 0 Å². The third kappa shape index (κ3) is 3.54. The third-order valence-corrected chi connectivity index (χ3v) is 2.96. The average Bonchev–Trinajstić information content (AvgIpc) is 2.78. The first kappa shape index (κ1) is 13.0. The van der Waals surface area contributed by atoms with Crippen LogP contribution in [0.25, 0.3) is 0 Å². The van der Waals surface area contributed by atoms with E-state index in [1.54, 1.807) is 6.07 Å². The lowest BCUT2D eigenvalue weighted by Crippen LogP contribution is -2.46. The average molecular weight is 252 g/mol. The smallest absolute Gasteiger partial charge is 0.240 e. The fourth-order valence-electron chi connectivity index (χ4n) is 1.87. The standard InChI is InChI=1S/C12H20N4O2/c1-9(2)10-7-12(18-15-10)14-11(17)8-16-5-3-13-4-6-16/h7,9,13H,3-6,8H2,1-2H3,(H,14,17). The number of anilines is 1. The molecule has 0 aliphatic carbocycles. The maximum Gasteiger partial charge on any atom is 0.240 e. The van der Waals surface area contributed by atoms with E-state index < -0.39 is 0 Å². The van der Waals surface area contributed by atoms with E-state index in [-0.39, 0.29) is 5.91 Å². The van der Waals surface area contributed by atoms with Crippen LogP contribution >= 0.6 is 0 Å². The Morgan fingerprint density at radius 2 is 2.28 bits per heavy atom. The van der Waals surface area contributed by atoms with Crippen LogP contribution in [0.3, 0.4) is 0 Å². The first-order chi connectivity index (χ1) is 8.65. The quantitative estimate of drug-likeness (QED) is 0.823. The molecule has 2 rings (SSSR count). The maximum atomic E-state index is 11.8. The monoisotopic (exact) mass is 252 g/mol. The number of nitrogens with zero attached hydrogens (tertiary/aromatic N) is 2. The van der Waals surface area contributed by atoms with Crippen LogP contribution in [-0.4, -0.2) is 48.7 Å². The minimum Gasteiger partial charge on any atom is -0.338 e. The number of nitrogens with one attached hydrogen (secondary N) is 2. The molecule has 6 heteroatoms. The summed E-state index contributed by atoms with van der Waals surface area (Å²) < 4.78 is 5.07. The largest absolute Gasteiger partial charge is 0.338 e. The number of carbonyl (C=O) groups excluding carboxylic acids is 1. The lowest BCUT2D eigenvalue weighted by molar-refractivity contribution is -0.117. The second-order valence-electron chi connectivity index (χ2n) is 4.85. The lowest BCUT2D eigenvalue weighted by Gasteiger charge is -2.26. The molecule has 0 aromatic carbocycles. The predicted molar refractivity (Wildman–Crippen MR) is 68.5 cm³/mol. The highest BCUT2D eigenvalue weighted by molar-refractivity contribution is 5.90. The van der Waals surface area contributed by atoms with Crippen LogP contribution < -0.4 is 10.6 Å². The van der Waals surface area contributed by atoms with Gasteiger partial charge < -0.3 is 9.84 Å². The van der Waals surface area contributed by atoms with Gasteiger partial charge in [-0.1, -0.05) is 19.0 Å². The summed E-state index contributed by atoms with van der Waals surface area (Å²) in [4.78, 5) is 13.9. The number of piperazine rings is 1. The maximum absolute atomic E-state index is 11.8. The predicted octanol–water partition coefficient (Wildman–Crippen LogP) is 0.642. The second-order valence-corrected chi connectivity index (χ2v) is 4.85. The summed E-state index contributed by atoms with van der Waals surface area (Å²) in [5, 5.41) is 9.89. The minimum atomic E-state index is -0.0524. The van der Waals surface area contributed by atoms with E-state index in [0.717, 1.165) is 31.9 Å². The Kier molecular flexibility index (Phi) is 4.33. The van der Waals surface area contributed by atoms with Gasteiger partial charge in [-0.25, -0.2) is 0 Å². The zero-order valence-electron chi connectivity index (χ0n) is 10.9. The van der Waals surface area contributed by atoms with Crippen molar-refractivity contribution in [3.63, 3.8) is 0 Å². The van der Waals surface area contributed by atoms with Crippen molar-refractivity contribution in [1.29, 1.82) is 0 Å². The second kappa shape index (κ2) is 5.97. The molecule has 1 saturated heterocycles. The molecule has 1 fully saturated rings. The van der Waals surface area contributed by atoms with E-state index in [9.17, 15) is 4.79 Å². The van der Waals surface area contributed by atoms with Gasteiger partial charge in [0.15, 0.2) is 0 Å². The van der Waals surface area contributed by atoms with Crippen molar-refractivity contribution in [3.8, 4) is 0 Å². The number of hydrogen-bond acceptors (Lipinski definition) is 5. The summed E-state index contributed by atoms with van der Waals surface area (Å²) in [7, 11) is 0. The van der Waals surface area contributed by atoms with Crippen molar-refractivity contribution in [2.75, 3.05) is 38.0 Å². The Morgan fingerprint density at radius 3 is 2.89 bits per heavy atom. The molecule has 0 atom stereocenters. The number of aromatic nitrogens is 1. The molecular weight excluding hydrogens is 232 g/mol. The molecule has 1 aromatic rings. The van der Waals surface area contributed by atoms with Crippen molar-refractivity contribution in [1.82, 2.24) is 15.4 Å². The number of amides is 1. The highest BCUT2D eigenvalue weighted by Crippen LogP contribution is 2.17. The molecule has 1 aliphatic rings.